The third-order valence-corrected chi connectivity index (χ3v) is 3.73. The minimum atomic E-state index is -0.0247. The molecule has 2 N–H and O–H groups in total. The topological polar surface area (TPSA) is 50.7 Å². The molecule has 0 unspecified atom stereocenters. The van der Waals surface area contributed by atoms with E-state index in [1.807, 2.05) is 50.2 Å². The van der Waals surface area contributed by atoms with Crippen LogP contribution in [0.5, 0.6) is 11.5 Å². The lowest BCUT2D eigenvalue weighted by Gasteiger charge is -2.14. The number of anilines is 1. The zero-order valence-corrected chi connectivity index (χ0v) is 14.2. The number of ether oxygens (including phenoxy) is 2. The molecular formula is C18H22ClNO3. The molecule has 0 aliphatic rings. The molecule has 4 nitrogen and oxygen atoms in total. The average molecular weight is 336 g/mol. The van der Waals surface area contributed by atoms with E-state index in [1.165, 1.54) is 0 Å². The van der Waals surface area contributed by atoms with Gasteiger partial charge in [0, 0.05) is 17.3 Å². The molecule has 0 aromatic heterocycles. The highest BCUT2D eigenvalue weighted by molar-refractivity contribution is 6.31. The summed E-state index contributed by atoms with van der Waals surface area (Å²) >= 11 is 6.13. The maximum absolute atomic E-state index is 8.87. The van der Waals surface area contributed by atoms with Crippen molar-refractivity contribution in [1.29, 1.82) is 0 Å². The molecule has 0 saturated heterocycles. The summed E-state index contributed by atoms with van der Waals surface area (Å²) in [6, 6.07) is 11.7. The molecule has 0 bridgehead atoms. The highest BCUT2D eigenvalue weighted by Gasteiger charge is 2.07. The Hall–Kier alpha value is -1.91. The van der Waals surface area contributed by atoms with Gasteiger partial charge in [-0.25, -0.2) is 0 Å². The second-order valence-electron chi connectivity index (χ2n) is 5.10. The van der Waals surface area contributed by atoms with E-state index in [0.29, 0.717) is 24.7 Å². The van der Waals surface area contributed by atoms with Crippen LogP contribution in [0.3, 0.4) is 0 Å². The van der Waals surface area contributed by atoms with E-state index in [9.17, 15) is 0 Å². The Labute approximate surface area is 142 Å². The Morgan fingerprint density at radius 1 is 1.09 bits per heavy atom. The highest BCUT2D eigenvalue weighted by Crippen LogP contribution is 2.29. The molecule has 0 fully saturated rings. The minimum absolute atomic E-state index is 0.0247. The van der Waals surface area contributed by atoms with Crippen LogP contribution in [0.2, 0.25) is 5.02 Å². The van der Waals surface area contributed by atoms with Crippen molar-refractivity contribution in [1.82, 2.24) is 0 Å². The van der Waals surface area contributed by atoms with Crippen LogP contribution in [0.15, 0.2) is 36.4 Å². The molecule has 23 heavy (non-hydrogen) atoms. The number of benzene rings is 2. The van der Waals surface area contributed by atoms with Crippen molar-refractivity contribution in [3.8, 4) is 11.5 Å². The number of halogens is 1. The fourth-order valence-electron chi connectivity index (χ4n) is 2.11. The summed E-state index contributed by atoms with van der Waals surface area (Å²) in [4.78, 5) is 0. The molecule has 0 aliphatic carbocycles. The van der Waals surface area contributed by atoms with Crippen LogP contribution < -0.4 is 14.8 Å². The maximum Gasteiger partial charge on any atom is 0.161 e. The van der Waals surface area contributed by atoms with Gasteiger partial charge in [0.05, 0.1) is 13.2 Å². The smallest absolute Gasteiger partial charge is 0.161 e. The zero-order valence-electron chi connectivity index (χ0n) is 13.4. The summed E-state index contributed by atoms with van der Waals surface area (Å²) in [6.07, 6.45) is 0. The van der Waals surface area contributed by atoms with Crippen LogP contribution in [-0.2, 0) is 6.54 Å². The molecule has 2 aromatic carbocycles. The monoisotopic (exact) mass is 335 g/mol. The van der Waals surface area contributed by atoms with Crippen molar-refractivity contribution >= 4 is 17.3 Å². The van der Waals surface area contributed by atoms with Gasteiger partial charge in [-0.3, -0.25) is 0 Å². The summed E-state index contributed by atoms with van der Waals surface area (Å²) in [6.45, 7) is 5.34. The lowest BCUT2D eigenvalue weighted by molar-refractivity contribution is 0.194. The lowest BCUT2D eigenvalue weighted by atomic mass is 10.2. The van der Waals surface area contributed by atoms with Crippen molar-refractivity contribution in [2.24, 2.45) is 0 Å². The SMILES string of the molecule is CCOc1cc(CNc2ccc(C)c(Cl)c2)ccc1OCCO. The summed E-state index contributed by atoms with van der Waals surface area (Å²) < 4.78 is 11.1. The van der Waals surface area contributed by atoms with Crippen LogP contribution >= 0.6 is 11.6 Å². The second-order valence-corrected chi connectivity index (χ2v) is 5.51. The van der Waals surface area contributed by atoms with Gasteiger partial charge < -0.3 is 19.9 Å². The first-order valence-electron chi connectivity index (χ1n) is 7.63. The standard InChI is InChI=1S/C18H22ClNO3/c1-3-22-18-10-14(5-7-17(18)23-9-8-21)12-20-15-6-4-13(2)16(19)11-15/h4-7,10-11,20-21H,3,8-9,12H2,1-2H3. The van der Waals surface area contributed by atoms with Crippen LogP contribution in [0.1, 0.15) is 18.1 Å². The van der Waals surface area contributed by atoms with E-state index in [1.54, 1.807) is 0 Å². The molecule has 2 rings (SSSR count). The number of hydrogen-bond donors (Lipinski definition) is 2. The van der Waals surface area contributed by atoms with Crippen LogP contribution in [0.4, 0.5) is 5.69 Å². The zero-order chi connectivity index (χ0) is 16.7. The van der Waals surface area contributed by atoms with Gasteiger partial charge in [0.2, 0.25) is 0 Å². The van der Waals surface area contributed by atoms with E-state index >= 15 is 0 Å². The fourth-order valence-corrected chi connectivity index (χ4v) is 2.29. The third-order valence-electron chi connectivity index (χ3n) is 3.33. The number of hydrogen-bond acceptors (Lipinski definition) is 4. The second kappa shape index (κ2) is 8.65. The first-order valence-corrected chi connectivity index (χ1v) is 8.01. The van der Waals surface area contributed by atoms with Crippen molar-refractivity contribution < 1.29 is 14.6 Å². The maximum atomic E-state index is 8.87. The van der Waals surface area contributed by atoms with Gasteiger partial charge in [-0.05, 0) is 49.2 Å². The molecule has 5 heteroatoms. The number of aryl methyl sites for hydroxylation is 1. The molecule has 0 radical (unpaired) electrons. The number of rotatable bonds is 8. The first-order chi connectivity index (χ1) is 11.1. The largest absolute Gasteiger partial charge is 0.490 e. The summed E-state index contributed by atoms with van der Waals surface area (Å²) in [5.41, 5.74) is 3.10. The first kappa shape index (κ1) is 17.4. The number of nitrogens with one attached hydrogen (secondary N) is 1. The van der Waals surface area contributed by atoms with E-state index in [4.69, 9.17) is 26.2 Å². The van der Waals surface area contributed by atoms with Gasteiger partial charge in [0.25, 0.3) is 0 Å². The van der Waals surface area contributed by atoms with E-state index in [-0.39, 0.29) is 13.2 Å². The summed E-state index contributed by atoms with van der Waals surface area (Å²) in [5.74, 6) is 1.32. The van der Waals surface area contributed by atoms with E-state index in [0.717, 1.165) is 21.8 Å². The van der Waals surface area contributed by atoms with Gasteiger partial charge in [0.1, 0.15) is 6.61 Å². The predicted molar refractivity (Wildman–Crippen MR) is 93.7 cm³/mol. The van der Waals surface area contributed by atoms with Gasteiger partial charge in [-0.2, -0.15) is 0 Å². The molecule has 0 heterocycles. The quantitative estimate of drug-likeness (QED) is 0.764. The van der Waals surface area contributed by atoms with Crippen molar-refractivity contribution in [2.75, 3.05) is 25.1 Å². The van der Waals surface area contributed by atoms with E-state index < -0.39 is 0 Å². The van der Waals surface area contributed by atoms with Gasteiger partial charge >= 0.3 is 0 Å². The van der Waals surface area contributed by atoms with Gasteiger partial charge in [0.15, 0.2) is 11.5 Å². The van der Waals surface area contributed by atoms with Crippen LogP contribution in [0, 0.1) is 6.92 Å². The Morgan fingerprint density at radius 2 is 1.91 bits per heavy atom. The molecule has 0 saturated carbocycles. The molecule has 0 amide bonds. The molecule has 124 valence electrons. The fraction of sp³-hybridized carbons (Fsp3) is 0.333. The summed E-state index contributed by atoms with van der Waals surface area (Å²) in [7, 11) is 0. The minimum Gasteiger partial charge on any atom is -0.490 e. The van der Waals surface area contributed by atoms with Gasteiger partial charge in [-0.15, -0.1) is 0 Å². The third kappa shape index (κ3) is 5.05. The Bertz CT molecular complexity index is 646. The Kier molecular flexibility index (Phi) is 6.56. The summed E-state index contributed by atoms with van der Waals surface area (Å²) in [5, 5.41) is 13.0. The highest BCUT2D eigenvalue weighted by atomic mass is 35.5. The van der Waals surface area contributed by atoms with Crippen LogP contribution in [0.25, 0.3) is 0 Å². The number of aliphatic hydroxyl groups excluding tert-OH is 1. The molecule has 0 atom stereocenters. The molecule has 2 aromatic rings. The predicted octanol–water partition coefficient (Wildman–Crippen LogP) is 4.03. The number of aliphatic hydroxyl groups is 1. The molecule has 0 spiro atoms. The van der Waals surface area contributed by atoms with E-state index in [2.05, 4.69) is 5.32 Å². The van der Waals surface area contributed by atoms with Crippen molar-refractivity contribution in [3.05, 3.63) is 52.5 Å². The van der Waals surface area contributed by atoms with Crippen molar-refractivity contribution in [3.63, 3.8) is 0 Å². The van der Waals surface area contributed by atoms with Gasteiger partial charge in [-0.1, -0.05) is 23.7 Å². The molecular weight excluding hydrogens is 314 g/mol. The Balaban J connectivity index is 2.06. The average Bonchev–Trinajstić information content (AvgIpc) is 2.55. The van der Waals surface area contributed by atoms with Crippen LogP contribution in [-0.4, -0.2) is 24.9 Å². The Morgan fingerprint density at radius 3 is 2.61 bits per heavy atom. The molecule has 0 aliphatic heterocycles. The lowest BCUT2D eigenvalue weighted by Crippen LogP contribution is -2.05. The normalized spacial score (nSPS) is 10.4. The van der Waals surface area contributed by atoms with Crippen molar-refractivity contribution in [2.45, 2.75) is 20.4 Å².